The van der Waals surface area contributed by atoms with Crippen molar-refractivity contribution in [2.45, 2.75) is 63.8 Å². The summed E-state index contributed by atoms with van der Waals surface area (Å²) in [5.41, 5.74) is 0.357. The van der Waals surface area contributed by atoms with E-state index in [9.17, 15) is 22.8 Å². The Morgan fingerprint density at radius 1 is 1.09 bits per heavy atom. The summed E-state index contributed by atoms with van der Waals surface area (Å²) in [7, 11) is 0. The van der Waals surface area contributed by atoms with Crippen molar-refractivity contribution in [1.82, 2.24) is 10.2 Å². The number of hydrogen-bond acceptors (Lipinski definition) is 5. The van der Waals surface area contributed by atoms with Gasteiger partial charge in [-0.05, 0) is 49.6 Å². The van der Waals surface area contributed by atoms with Crippen LogP contribution in [0.25, 0.3) is 0 Å². The highest BCUT2D eigenvalue weighted by Gasteiger charge is 2.47. The summed E-state index contributed by atoms with van der Waals surface area (Å²) in [5.74, 6) is -1.61. The quantitative estimate of drug-likeness (QED) is 0.683. The number of amides is 2. The molecule has 1 atom stereocenters. The van der Waals surface area contributed by atoms with Crippen molar-refractivity contribution in [1.29, 1.82) is 0 Å². The van der Waals surface area contributed by atoms with Crippen LogP contribution in [-0.4, -0.2) is 35.7 Å². The van der Waals surface area contributed by atoms with Crippen molar-refractivity contribution in [3.63, 3.8) is 0 Å². The lowest BCUT2D eigenvalue weighted by molar-refractivity contribution is -0.190. The first kappa shape index (κ1) is 23.0. The normalized spacial score (nSPS) is 17.0. The van der Waals surface area contributed by atoms with Crippen LogP contribution in [0.5, 0.6) is 11.5 Å². The molecule has 0 bridgehead atoms. The van der Waals surface area contributed by atoms with Gasteiger partial charge in [-0.25, -0.2) is 0 Å². The standard InChI is InChI=1S/C23H25F3N2O5/c1-14-7-9-18(33-14)20(21(29)27-16-5-3-2-4-6-16)28(22(30)23(24,25)26)12-15-8-10-17-19(11-15)32-13-31-17/h7-11,16,20H,2-6,12-13H2,1H3,(H,27,29). The Bertz CT molecular complexity index is 1010. The molecule has 1 saturated carbocycles. The van der Waals surface area contributed by atoms with Crippen LogP contribution in [0.1, 0.15) is 55.2 Å². The van der Waals surface area contributed by atoms with Crippen molar-refractivity contribution >= 4 is 11.8 Å². The van der Waals surface area contributed by atoms with Crippen LogP contribution in [0, 0.1) is 6.92 Å². The summed E-state index contributed by atoms with van der Waals surface area (Å²) in [4.78, 5) is 26.3. The van der Waals surface area contributed by atoms with Gasteiger partial charge in [0.1, 0.15) is 11.5 Å². The van der Waals surface area contributed by atoms with Gasteiger partial charge >= 0.3 is 12.1 Å². The smallest absolute Gasteiger partial charge is 0.464 e. The van der Waals surface area contributed by atoms with Gasteiger partial charge in [0.05, 0.1) is 0 Å². The zero-order valence-electron chi connectivity index (χ0n) is 18.1. The number of furan rings is 1. The van der Waals surface area contributed by atoms with Crippen LogP contribution < -0.4 is 14.8 Å². The molecule has 1 aromatic heterocycles. The number of nitrogens with one attached hydrogen (secondary N) is 1. The molecule has 1 unspecified atom stereocenters. The number of halogens is 3. The van der Waals surface area contributed by atoms with Crippen molar-refractivity contribution in [2.75, 3.05) is 6.79 Å². The number of fused-ring (bicyclic) bond motifs is 1. The molecular formula is C23H25F3N2O5. The molecule has 178 valence electrons. The molecule has 7 nitrogen and oxygen atoms in total. The highest BCUT2D eigenvalue weighted by Crippen LogP contribution is 2.35. The Morgan fingerprint density at radius 2 is 1.82 bits per heavy atom. The van der Waals surface area contributed by atoms with Crippen LogP contribution in [-0.2, 0) is 16.1 Å². The number of nitrogens with zero attached hydrogens (tertiary/aromatic N) is 1. The summed E-state index contributed by atoms with van der Waals surface area (Å²) in [6, 6.07) is 5.83. The maximum Gasteiger partial charge on any atom is 0.471 e. The molecule has 0 saturated heterocycles. The highest BCUT2D eigenvalue weighted by atomic mass is 19.4. The lowest BCUT2D eigenvalue weighted by atomic mass is 9.95. The summed E-state index contributed by atoms with van der Waals surface area (Å²) in [6.07, 6.45) is -0.789. The van der Waals surface area contributed by atoms with E-state index in [1.807, 2.05) is 0 Å². The first-order valence-corrected chi connectivity index (χ1v) is 10.9. The third-order valence-electron chi connectivity index (χ3n) is 5.84. The average molecular weight is 466 g/mol. The molecule has 0 radical (unpaired) electrons. The summed E-state index contributed by atoms with van der Waals surface area (Å²) < 4.78 is 57.0. The van der Waals surface area contributed by atoms with Gasteiger partial charge in [0, 0.05) is 12.6 Å². The molecular weight excluding hydrogens is 441 g/mol. The predicted octanol–water partition coefficient (Wildman–Crippen LogP) is 4.40. The first-order valence-electron chi connectivity index (χ1n) is 10.9. The van der Waals surface area contributed by atoms with E-state index in [0.717, 1.165) is 32.1 Å². The molecule has 2 amide bonds. The van der Waals surface area contributed by atoms with Gasteiger partial charge in [-0.2, -0.15) is 13.2 Å². The third-order valence-corrected chi connectivity index (χ3v) is 5.84. The van der Waals surface area contributed by atoms with Crippen molar-refractivity contribution in [2.24, 2.45) is 0 Å². The largest absolute Gasteiger partial charge is 0.471 e. The van der Waals surface area contributed by atoms with Crippen molar-refractivity contribution in [3.05, 3.63) is 47.4 Å². The maximum absolute atomic E-state index is 13.6. The summed E-state index contributed by atoms with van der Waals surface area (Å²) in [5, 5.41) is 2.84. The Balaban J connectivity index is 1.68. The average Bonchev–Trinajstić information content (AvgIpc) is 3.41. The van der Waals surface area contributed by atoms with Gasteiger partial charge < -0.3 is 24.1 Å². The molecule has 4 rings (SSSR count). The summed E-state index contributed by atoms with van der Waals surface area (Å²) >= 11 is 0. The van der Waals surface area contributed by atoms with Gasteiger partial charge in [-0.3, -0.25) is 9.59 Å². The second-order valence-electron chi connectivity index (χ2n) is 8.31. The van der Waals surface area contributed by atoms with Crippen LogP contribution in [0.3, 0.4) is 0 Å². The van der Waals surface area contributed by atoms with Crippen molar-refractivity contribution in [3.8, 4) is 11.5 Å². The predicted molar refractivity (Wildman–Crippen MR) is 110 cm³/mol. The minimum Gasteiger partial charge on any atom is -0.464 e. The van der Waals surface area contributed by atoms with E-state index in [0.29, 0.717) is 27.7 Å². The minimum absolute atomic E-state index is 0.00206. The van der Waals surface area contributed by atoms with Crippen LogP contribution in [0.2, 0.25) is 0 Å². The SMILES string of the molecule is Cc1ccc(C(C(=O)NC2CCCCC2)N(Cc2ccc3c(c2)OCO3)C(=O)C(F)(F)F)o1. The number of rotatable bonds is 6. The van der Waals surface area contributed by atoms with E-state index in [2.05, 4.69) is 5.32 Å². The molecule has 33 heavy (non-hydrogen) atoms. The number of aryl methyl sites for hydroxylation is 1. The van der Waals surface area contributed by atoms with Crippen LogP contribution in [0.15, 0.2) is 34.7 Å². The molecule has 2 heterocycles. The number of benzene rings is 1. The Morgan fingerprint density at radius 3 is 2.48 bits per heavy atom. The molecule has 1 aromatic carbocycles. The van der Waals surface area contributed by atoms with E-state index in [-0.39, 0.29) is 18.6 Å². The maximum atomic E-state index is 13.6. The fourth-order valence-corrected chi connectivity index (χ4v) is 4.23. The number of ether oxygens (including phenoxy) is 2. The van der Waals surface area contributed by atoms with E-state index >= 15 is 0 Å². The van der Waals surface area contributed by atoms with Crippen LogP contribution in [0.4, 0.5) is 13.2 Å². The molecule has 1 N–H and O–H groups in total. The number of carbonyl (C=O) groups excluding carboxylic acids is 2. The zero-order valence-corrected chi connectivity index (χ0v) is 18.1. The molecule has 0 spiro atoms. The van der Waals surface area contributed by atoms with Gasteiger partial charge in [0.2, 0.25) is 6.79 Å². The number of carbonyl (C=O) groups is 2. The van der Waals surface area contributed by atoms with E-state index < -0.39 is 30.6 Å². The number of hydrogen-bond donors (Lipinski definition) is 1. The van der Waals surface area contributed by atoms with E-state index in [1.54, 1.807) is 19.1 Å². The molecule has 1 aliphatic carbocycles. The molecule has 1 aliphatic heterocycles. The molecule has 2 aromatic rings. The fraction of sp³-hybridized carbons (Fsp3) is 0.478. The first-order chi connectivity index (χ1) is 15.7. The third kappa shape index (κ3) is 5.26. The van der Waals surface area contributed by atoms with Gasteiger partial charge in [-0.1, -0.05) is 25.3 Å². The van der Waals surface area contributed by atoms with Gasteiger partial charge in [-0.15, -0.1) is 0 Å². The van der Waals surface area contributed by atoms with E-state index in [1.165, 1.54) is 18.2 Å². The molecule has 10 heteroatoms. The Kier molecular flexibility index (Phi) is 6.53. The monoisotopic (exact) mass is 466 g/mol. The minimum atomic E-state index is -5.18. The Labute approximate surface area is 188 Å². The lowest BCUT2D eigenvalue weighted by Gasteiger charge is -2.32. The Hall–Kier alpha value is -3.17. The number of alkyl halides is 3. The zero-order chi connectivity index (χ0) is 23.6. The van der Waals surface area contributed by atoms with E-state index in [4.69, 9.17) is 13.9 Å². The van der Waals surface area contributed by atoms with Crippen LogP contribution >= 0.6 is 0 Å². The van der Waals surface area contributed by atoms with Gasteiger partial charge in [0.15, 0.2) is 17.5 Å². The fourth-order valence-electron chi connectivity index (χ4n) is 4.23. The molecule has 2 aliphatic rings. The van der Waals surface area contributed by atoms with Crippen molar-refractivity contribution < 1.29 is 36.7 Å². The topological polar surface area (TPSA) is 81.0 Å². The highest BCUT2D eigenvalue weighted by molar-refractivity contribution is 5.90. The molecule has 1 fully saturated rings. The summed E-state index contributed by atoms with van der Waals surface area (Å²) in [6.45, 7) is 1.15. The second kappa shape index (κ2) is 9.36. The second-order valence-corrected chi connectivity index (χ2v) is 8.31. The lowest BCUT2D eigenvalue weighted by Crippen LogP contribution is -2.50. The van der Waals surface area contributed by atoms with Gasteiger partial charge in [0.25, 0.3) is 5.91 Å².